The van der Waals surface area contributed by atoms with Gasteiger partial charge in [-0.2, -0.15) is 0 Å². The van der Waals surface area contributed by atoms with Crippen molar-refractivity contribution >= 4 is 17.3 Å². The number of nitrogens with one attached hydrogen (secondary N) is 2. The third kappa shape index (κ3) is 2.96. The van der Waals surface area contributed by atoms with Crippen molar-refractivity contribution in [1.29, 1.82) is 0 Å². The zero-order valence-electron chi connectivity index (χ0n) is 12.3. The van der Waals surface area contributed by atoms with Crippen molar-refractivity contribution in [2.45, 2.75) is 57.5 Å². The van der Waals surface area contributed by atoms with Crippen molar-refractivity contribution in [2.24, 2.45) is 5.92 Å². The van der Waals surface area contributed by atoms with Crippen LogP contribution in [-0.2, 0) is 0 Å². The fraction of sp³-hybridized carbons (Fsp3) is 0.647. The number of aryl methyl sites for hydroxylation is 1. The van der Waals surface area contributed by atoms with Crippen LogP contribution in [0.25, 0.3) is 0 Å². The lowest BCUT2D eigenvalue weighted by Gasteiger charge is -2.33. The van der Waals surface area contributed by atoms with Crippen LogP contribution in [0.4, 0.5) is 5.69 Å². The molecule has 110 valence electrons. The number of hydrogen-bond donors (Lipinski definition) is 2. The smallest absolute Gasteiger partial charge is 0.0640 e. The zero-order valence-corrected chi connectivity index (χ0v) is 13.0. The van der Waals surface area contributed by atoms with Crippen LogP contribution in [0.2, 0.25) is 5.02 Å². The summed E-state index contributed by atoms with van der Waals surface area (Å²) in [5.41, 5.74) is 2.39. The van der Waals surface area contributed by atoms with Gasteiger partial charge in [-0.05, 0) is 56.7 Å². The summed E-state index contributed by atoms with van der Waals surface area (Å²) in [5, 5.41) is 8.34. The van der Waals surface area contributed by atoms with Gasteiger partial charge in [0.25, 0.3) is 0 Å². The fourth-order valence-electron chi connectivity index (χ4n) is 3.89. The quantitative estimate of drug-likeness (QED) is 0.864. The van der Waals surface area contributed by atoms with E-state index in [1.165, 1.54) is 50.6 Å². The number of piperidine rings is 1. The Morgan fingerprint density at radius 2 is 2.05 bits per heavy atom. The Labute approximate surface area is 127 Å². The van der Waals surface area contributed by atoms with Gasteiger partial charge in [-0.15, -0.1) is 0 Å². The molecule has 3 atom stereocenters. The highest BCUT2D eigenvalue weighted by Crippen LogP contribution is 2.36. The summed E-state index contributed by atoms with van der Waals surface area (Å²) < 4.78 is 0. The molecular formula is C17H25ClN2. The van der Waals surface area contributed by atoms with E-state index in [4.69, 9.17) is 11.6 Å². The fourth-order valence-corrected chi connectivity index (χ4v) is 4.17. The van der Waals surface area contributed by atoms with Gasteiger partial charge in [0, 0.05) is 12.1 Å². The molecule has 3 heteroatoms. The Morgan fingerprint density at radius 3 is 2.80 bits per heavy atom. The molecule has 0 spiro atoms. The molecule has 1 saturated carbocycles. The van der Waals surface area contributed by atoms with Crippen LogP contribution < -0.4 is 10.6 Å². The molecule has 2 N–H and O–H groups in total. The van der Waals surface area contributed by atoms with Gasteiger partial charge in [0.1, 0.15) is 0 Å². The Bertz CT molecular complexity index is 434. The molecule has 0 aromatic heterocycles. The van der Waals surface area contributed by atoms with Gasteiger partial charge in [-0.25, -0.2) is 0 Å². The minimum atomic E-state index is 0.573. The lowest BCUT2D eigenvalue weighted by molar-refractivity contribution is 0.286. The van der Waals surface area contributed by atoms with Gasteiger partial charge in [0.05, 0.1) is 10.7 Å². The minimum Gasteiger partial charge on any atom is -0.381 e. The van der Waals surface area contributed by atoms with E-state index in [2.05, 4.69) is 23.6 Å². The van der Waals surface area contributed by atoms with Gasteiger partial charge in [0.15, 0.2) is 0 Å². The van der Waals surface area contributed by atoms with Crippen LogP contribution in [0.1, 0.15) is 44.1 Å². The van der Waals surface area contributed by atoms with E-state index in [9.17, 15) is 0 Å². The molecule has 1 saturated heterocycles. The molecule has 1 aliphatic heterocycles. The van der Waals surface area contributed by atoms with Crippen LogP contribution in [0.15, 0.2) is 18.2 Å². The van der Waals surface area contributed by atoms with E-state index in [0.29, 0.717) is 12.1 Å². The molecule has 0 amide bonds. The van der Waals surface area contributed by atoms with E-state index < -0.39 is 0 Å². The summed E-state index contributed by atoms with van der Waals surface area (Å²) in [5.74, 6) is 0.756. The average Bonchev–Trinajstić information content (AvgIpc) is 2.92. The Hall–Kier alpha value is -0.730. The van der Waals surface area contributed by atoms with Crippen LogP contribution in [0.3, 0.4) is 0 Å². The second-order valence-corrected chi connectivity index (χ2v) is 6.74. The van der Waals surface area contributed by atoms with E-state index in [1.807, 2.05) is 12.1 Å². The van der Waals surface area contributed by atoms with E-state index in [1.54, 1.807) is 0 Å². The largest absolute Gasteiger partial charge is 0.381 e. The average molecular weight is 293 g/mol. The van der Waals surface area contributed by atoms with Gasteiger partial charge >= 0.3 is 0 Å². The molecule has 2 nitrogen and oxygen atoms in total. The molecule has 2 aliphatic rings. The third-order valence-electron chi connectivity index (χ3n) is 4.99. The van der Waals surface area contributed by atoms with Crippen molar-refractivity contribution in [3.05, 3.63) is 28.8 Å². The topological polar surface area (TPSA) is 24.1 Å². The first-order valence-electron chi connectivity index (χ1n) is 8.01. The second kappa shape index (κ2) is 6.36. The number of rotatable bonds is 3. The van der Waals surface area contributed by atoms with Crippen molar-refractivity contribution in [3.63, 3.8) is 0 Å². The molecule has 0 bridgehead atoms. The predicted molar refractivity (Wildman–Crippen MR) is 86.6 cm³/mol. The summed E-state index contributed by atoms with van der Waals surface area (Å²) in [6.07, 6.45) is 8.01. The normalized spacial score (nSPS) is 30.4. The van der Waals surface area contributed by atoms with E-state index in [-0.39, 0.29) is 0 Å². The SMILES string of the molecule is Cc1cccc(Cl)c1NC1CCCC1C1CCCCN1. The molecule has 1 aromatic rings. The van der Waals surface area contributed by atoms with Crippen LogP contribution in [-0.4, -0.2) is 18.6 Å². The van der Waals surface area contributed by atoms with Crippen LogP contribution >= 0.6 is 11.6 Å². The molecular weight excluding hydrogens is 268 g/mol. The Balaban J connectivity index is 1.72. The predicted octanol–water partition coefficient (Wildman–Crippen LogP) is 4.37. The van der Waals surface area contributed by atoms with E-state index >= 15 is 0 Å². The molecule has 0 radical (unpaired) electrons. The second-order valence-electron chi connectivity index (χ2n) is 6.33. The molecule has 2 fully saturated rings. The van der Waals surface area contributed by atoms with Crippen molar-refractivity contribution in [2.75, 3.05) is 11.9 Å². The monoisotopic (exact) mass is 292 g/mol. The molecule has 1 aromatic carbocycles. The molecule has 3 unspecified atom stereocenters. The number of anilines is 1. The first kappa shape index (κ1) is 14.2. The molecule has 1 heterocycles. The lowest BCUT2D eigenvalue weighted by atomic mass is 9.88. The Morgan fingerprint density at radius 1 is 1.15 bits per heavy atom. The van der Waals surface area contributed by atoms with Crippen LogP contribution in [0.5, 0.6) is 0 Å². The van der Waals surface area contributed by atoms with Gasteiger partial charge in [0.2, 0.25) is 0 Å². The number of para-hydroxylation sites is 1. The maximum Gasteiger partial charge on any atom is 0.0640 e. The standard InChI is InChI=1S/C17H25ClN2/c1-12-6-4-8-14(18)17(12)20-16-10-5-7-13(16)15-9-2-3-11-19-15/h4,6,8,13,15-16,19-20H,2-3,5,7,9-11H2,1H3. The summed E-state index contributed by atoms with van der Waals surface area (Å²) in [4.78, 5) is 0. The molecule has 3 rings (SSSR count). The first-order chi connectivity index (χ1) is 9.75. The van der Waals surface area contributed by atoms with Gasteiger partial charge in [-0.3, -0.25) is 0 Å². The molecule has 20 heavy (non-hydrogen) atoms. The summed E-state index contributed by atoms with van der Waals surface area (Å²) in [6, 6.07) is 7.42. The summed E-state index contributed by atoms with van der Waals surface area (Å²) >= 11 is 6.36. The lowest BCUT2D eigenvalue weighted by Crippen LogP contribution is -2.44. The van der Waals surface area contributed by atoms with Crippen molar-refractivity contribution in [3.8, 4) is 0 Å². The van der Waals surface area contributed by atoms with Crippen LogP contribution in [0, 0.1) is 12.8 Å². The summed E-state index contributed by atoms with van der Waals surface area (Å²) in [7, 11) is 0. The summed E-state index contributed by atoms with van der Waals surface area (Å²) in [6.45, 7) is 3.33. The zero-order chi connectivity index (χ0) is 13.9. The van der Waals surface area contributed by atoms with Crippen molar-refractivity contribution < 1.29 is 0 Å². The Kier molecular flexibility index (Phi) is 4.52. The van der Waals surface area contributed by atoms with Gasteiger partial charge < -0.3 is 10.6 Å². The first-order valence-corrected chi connectivity index (χ1v) is 8.38. The maximum atomic E-state index is 6.36. The minimum absolute atomic E-state index is 0.573. The highest BCUT2D eigenvalue weighted by Gasteiger charge is 2.34. The third-order valence-corrected chi connectivity index (χ3v) is 5.30. The highest BCUT2D eigenvalue weighted by atomic mass is 35.5. The number of benzene rings is 1. The van der Waals surface area contributed by atoms with E-state index in [0.717, 1.165) is 16.6 Å². The van der Waals surface area contributed by atoms with Crippen molar-refractivity contribution in [1.82, 2.24) is 5.32 Å². The highest BCUT2D eigenvalue weighted by molar-refractivity contribution is 6.33. The molecule has 1 aliphatic carbocycles. The van der Waals surface area contributed by atoms with Gasteiger partial charge in [-0.1, -0.05) is 36.6 Å². The number of hydrogen-bond acceptors (Lipinski definition) is 2. The maximum absolute atomic E-state index is 6.36. The number of halogens is 1.